The highest BCUT2D eigenvalue weighted by atomic mass is 16.7. The van der Waals surface area contributed by atoms with Crippen molar-refractivity contribution in [3.8, 4) is 0 Å². The molecular formula is C39H64O13. The molecule has 4 saturated heterocycles. The van der Waals surface area contributed by atoms with E-state index in [1.807, 2.05) is 0 Å². The Kier molecular flexibility index (Phi) is 10.0. The third kappa shape index (κ3) is 5.73. The molecule has 24 unspecified atom stereocenters. The van der Waals surface area contributed by atoms with E-state index in [-0.39, 0.29) is 40.8 Å². The van der Waals surface area contributed by atoms with E-state index in [0.717, 1.165) is 38.5 Å². The van der Waals surface area contributed by atoms with Gasteiger partial charge in [0.05, 0.1) is 37.1 Å². The second-order valence-electron chi connectivity index (χ2n) is 18.9. The van der Waals surface area contributed by atoms with Crippen LogP contribution in [0.15, 0.2) is 0 Å². The fourth-order valence-electron chi connectivity index (χ4n) is 13.3. The van der Waals surface area contributed by atoms with Gasteiger partial charge in [-0.2, -0.15) is 0 Å². The molecule has 0 aromatic heterocycles. The van der Waals surface area contributed by atoms with Crippen molar-refractivity contribution in [3.63, 3.8) is 0 Å². The van der Waals surface area contributed by atoms with Crippen LogP contribution in [0, 0.1) is 52.3 Å². The van der Waals surface area contributed by atoms with E-state index in [1.54, 1.807) is 13.8 Å². The van der Waals surface area contributed by atoms with Crippen LogP contribution in [0.4, 0.5) is 0 Å². The number of ether oxygens (including phenoxy) is 6. The summed E-state index contributed by atoms with van der Waals surface area (Å²) in [7, 11) is 0. The molecule has 0 amide bonds. The molecule has 4 heterocycles. The molecular weight excluding hydrogens is 676 g/mol. The molecule has 4 aliphatic carbocycles. The minimum atomic E-state index is -1.57. The zero-order valence-corrected chi connectivity index (χ0v) is 31.6. The van der Waals surface area contributed by atoms with E-state index < -0.39 is 79.4 Å². The summed E-state index contributed by atoms with van der Waals surface area (Å²) in [5.41, 5.74) is -0.101. The summed E-state index contributed by atoms with van der Waals surface area (Å²) in [5, 5.41) is 76.0. The van der Waals surface area contributed by atoms with E-state index in [0.29, 0.717) is 43.1 Å². The highest BCUT2D eigenvalue weighted by molar-refractivity contribution is 5.17. The number of aliphatic hydroxyl groups is 7. The van der Waals surface area contributed by atoms with Gasteiger partial charge in [0.25, 0.3) is 0 Å². The Bertz CT molecular complexity index is 1310. The Morgan fingerprint density at radius 3 is 2.04 bits per heavy atom. The average Bonchev–Trinajstić information content (AvgIpc) is 3.55. The molecule has 8 aliphatic rings. The summed E-state index contributed by atoms with van der Waals surface area (Å²) in [6.07, 6.45) is -7.28. The van der Waals surface area contributed by atoms with Crippen LogP contribution in [0.5, 0.6) is 0 Å². The predicted molar refractivity (Wildman–Crippen MR) is 183 cm³/mol. The van der Waals surface area contributed by atoms with Gasteiger partial charge in [0.2, 0.25) is 0 Å². The summed E-state index contributed by atoms with van der Waals surface area (Å²) in [6.45, 7) is 13.0. The molecule has 0 aromatic rings. The van der Waals surface area contributed by atoms with Gasteiger partial charge in [0, 0.05) is 5.92 Å². The molecule has 0 radical (unpaired) electrons. The van der Waals surface area contributed by atoms with Crippen LogP contribution in [-0.2, 0) is 28.4 Å². The number of fused-ring (bicyclic) bond motifs is 7. The van der Waals surface area contributed by atoms with E-state index in [2.05, 4.69) is 27.7 Å². The standard InChI is InChI=1S/C39H64O13/c1-16-11-27(41)39(47-15-16)17(2)28-26(52-39)14-23-21-13-25(24-12-20(40)7-9-37(24,5)22(21)8-10-38(23,28)6)50-35-33(46)31(44)34(19(4)49-35)51-36-32(45)30(43)29(42)18(3)48-36/h16-36,40-46H,7-15H2,1-6H3. The third-order valence-corrected chi connectivity index (χ3v) is 16.1. The lowest BCUT2D eigenvalue weighted by Gasteiger charge is -2.63. The second kappa shape index (κ2) is 13.6. The molecule has 0 aromatic carbocycles. The molecule has 7 N–H and O–H groups in total. The number of aliphatic hydroxyl groups excluding tert-OH is 7. The molecule has 8 fully saturated rings. The molecule has 4 saturated carbocycles. The zero-order chi connectivity index (χ0) is 37.2. The first kappa shape index (κ1) is 38.4. The van der Waals surface area contributed by atoms with Crippen molar-refractivity contribution < 1.29 is 64.2 Å². The monoisotopic (exact) mass is 740 g/mol. The Morgan fingerprint density at radius 1 is 0.635 bits per heavy atom. The maximum atomic E-state index is 11.5. The molecule has 52 heavy (non-hydrogen) atoms. The number of hydrogen-bond acceptors (Lipinski definition) is 13. The normalized spacial score (nSPS) is 61.9. The van der Waals surface area contributed by atoms with Crippen molar-refractivity contribution in [2.75, 3.05) is 6.61 Å². The van der Waals surface area contributed by atoms with Gasteiger partial charge in [-0.1, -0.05) is 27.7 Å². The largest absolute Gasteiger partial charge is 0.393 e. The first-order valence-corrected chi connectivity index (χ1v) is 20.2. The van der Waals surface area contributed by atoms with Crippen LogP contribution in [0.1, 0.15) is 92.9 Å². The summed E-state index contributed by atoms with van der Waals surface area (Å²) in [6, 6.07) is 0. The van der Waals surface area contributed by atoms with Gasteiger partial charge in [-0.3, -0.25) is 0 Å². The van der Waals surface area contributed by atoms with Gasteiger partial charge in [0.15, 0.2) is 18.4 Å². The van der Waals surface area contributed by atoms with E-state index in [9.17, 15) is 35.7 Å². The van der Waals surface area contributed by atoms with Crippen molar-refractivity contribution >= 4 is 0 Å². The van der Waals surface area contributed by atoms with Gasteiger partial charge in [-0.25, -0.2) is 0 Å². The van der Waals surface area contributed by atoms with E-state index in [4.69, 9.17) is 28.4 Å². The molecule has 0 bridgehead atoms. The predicted octanol–water partition coefficient (Wildman–Crippen LogP) is 1.44. The lowest BCUT2D eigenvalue weighted by Crippen LogP contribution is -2.64. The smallest absolute Gasteiger partial charge is 0.197 e. The number of rotatable bonds is 4. The summed E-state index contributed by atoms with van der Waals surface area (Å²) >= 11 is 0. The summed E-state index contributed by atoms with van der Waals surface area (Å²) < 4.78 is 37.8. The Hall–Kier alpha value is -0.520. The van der Waals surface area contributed by atoms with Crippen LogP contribution in [0.3, 0.4) is 0 Å². The zero-order valence-electron chi connectivity index (χ0n) is 31.6. The highest BCUT2D eigenvalue weighted by Crippen LogP contribution is 2.71. The Morgan fingerprint density at radius 2 is 1.31 bits per heavy atom. The lowest BCUT2D eigenvalue weighted by molar-refractivity contribution is -0.361. The van der Waals surface area contributed by atoms with Gasteiger partial charge >= 0.3 is 0 Å². The van der Waals surface area contributed by atoms with Crippen LogP contribution in [0.2, 0.25) is 0 Å². The maximum absolute atomic E-state index is 11.5. The van der Waals surface area contributed by atoms with Crippen LogP contribution in [-0.4, -0.2) is 134 Å². The first-order chi connectivity index (χ1) is 24.5. The molecule has 24 atom stereocenters. The quantitative estimate of drug-likeness (QED) is 0.205. The number of hydrogen-bond donors (Lipinski definition) is 7. The summed E-state index contributed by atoms with van der Waals surface area (Å²) in [5.74, 6) is 0.823. The first-order valence-electron chi connectivity index (χ1n) is 20.2. The Labute approximate surface area is 307 Å². The molecule has 13 nitrogen and oxygen atoms in total. The van der Waals surface area contributed by atoms with Gasteiger partial charge in [-0.15, -0.1) is 0 Å². The minimum Gasteiger partial charge on any atom is -0.393 e. The minimum absolute atomic E-state index is 0.000313. The average molecular weight is 741 g/mol. The van der Waals surface area contributed by atoms with Crippen LogP contribution < -0.4 is 0 Å². The van der Waals surface area contributed by atoms with Crippen LogP contribution in [0.25, 0.3) is 0 Å². The Balaban J connectivity index is 1.01. The fourth-order valence-corrected chi connectivity index (χ4v) is 13.3. The fraction of sp³-hybridized carbons (Fsp3) is 1.00. The van der Waals surface area contributed by atoms with Crippen molar-refractivity contribution in [3.05, 3.63) is 0 Å². The van der Waals surface area contributed by atoms with Crippen molar-refractivity contribution in [1.29, 1.82) is 0 Å². The third-order valence-electron chi connectivity index (χ3n) is 16.1. The molecule has 13 heteroatoms. The maximum Gasteiger partial charge on any atom is 0.197 e. The molecule has 1 spiro atoms. The van der Waals surface area contributed by atoms with Gasteiger partial charge < -0.3 is 64.2 Å². The SMILES string of the molecule is CC1COC2(OC3CC4C5CC(OC6OC(C)C(OC7OC(C)C(O)C(O)C7O)C(O)C6O)C6CC(O)CCC6(C)C5CCC4(C)C3C2C)C(O)C1. The van der Waals surface area contributed by atoms with E-state index in [1.165, 1.54) is 0 Å². The van der Waals surface area contributed by atoms with E-state index >= 15 is 0 Å². The topological polar surface area (TPSA) is 197 Å². The van der Waals surface area contributed by atoms with Gasteiger partial charge in [-0.05, 0) is 112 Å². The van der Waals surface area contributed by atoms with Crippen molar-refractivity contribution in [2.45, 2.75) is 185 Å². The second-order valence-corrected chi connectivity index (χ2v) is 18.9. The molecule has 298 valence electrons. The van der Waals surface area contributed by atoms with Crippen molar-refractivity contribution in [1.82, 2.24) is 0 Å². The lowest BCUT2D eigenvalue weighted by atomic mass is 9.43. The van der Waals surface area contributed by atoms with Gasteiger partial charge in [0.1, 0.15) is 42.7 Å². The van der Waals surface area contributed by atoms with Crippen LogP contribution >= 0.6 is 0 Å². The summed E-state index contributed by atoms with van der Waals surface area (Å²) in [4.78, 5) is 0. The molecule has 8 rings (SSSR count). The molecule has 4 aliphatic heterocycles. The highest BCUT2D eigenvalue weighted by Gasteiger charge is 2.71. The van der Waals surface area contributed by atoms with Crippen molar-refractivity contribution in [2.24, 2.45) is 52.3 Å².